The van der Waals surface area contributed by atoms with Crippen LogP contribution in [0.5, 0.6) is 0 Å². The van der Waals surface area contributed by atoms with Crippen molar-refractivity contribution in [3.63, 3.8) is 0 Å². The average molecular weight is 596 g/mol. The lowest BCUT2D eigenvalue weighted by Gasteiger charge is -2.33. The summed E-state index contributed by atoms with van der Waals surface area (Å²) in [6.45, 7) is 6.00. The molecule has 0 aliphatic carbocycles. The zero-order chi connectivity index (χ0) is 30.4. The number of aryl methyl sites for hydroxylation is 1. The topological polar surface area (TPSA) is 98.7 Å². The fourth-order valence-corrected chi connectivity index (χ4v) is 6.18. The number of thioether (sulfide) groups is 1. The number of hydrogen-bond acceptors (Lipinski definition) is 5. The van der Waals surface area contributed by atoms with Crippen LogP contribution in [-0.4, -0.2) is 56.5 Å². The molecule has 42 heavy (non-hydrogen) atoms. The lowest BCUT2D eigenvalue weighted by Crippen LogP contribution is -2.58. The highest BCUT2D eigenvalue weighted by molar-refractivity contribution is 8.00. The highest BCUT2D eigenvalue weighted by atomic mass is 32.2. The van der Waals surface area contributed by atoms with Crippen LogP contribution in [0, 0.1) is 18.6 Å². The summed E-state index contributed by atoms with van der Waals surface area (Å²) in [7, 11) is 0. The minimum atomic E-state index is -1.67. The number of halogens is 2. The van der Waals surface area contributed by atoms with Crippen molar-refractivity contribution >= 4 is 29.5 Å². The van der Waals surface area contributed by atoms with Crippen LogP contribution in [0.25, 0.3) is 0 Å². The van der Waals surface area contributed by atoms with E-state index in [0.717, 1.165) is 28.8 Å². The number of nitrogens with one attached hydrogen (secondary N) is 2. The molecule has 3 aromatic carbocycles. The molecule has 4 rings (SSSR count). The third kappa shape index (κ3) is 7.54. The van der Waals surface area contributed by atoms with E-state index >= 15 is 0 Å². The van der Waals surface area contributed by atoms with Gasteiger partial charge in [-0.3, -0.25) is 14.4 Å². The van der Waals surface area contributed by atoms with Gasteiger partial charge in [-0.15, -0.1) is 11.8 Å². The quantitative estimate of drug-likeness (QED) is 0.330. The monoisotopic (exact) mass is 595 g/mol. The number of aliphatic hydroxyl groups is 1. The second-order valence-corrected chi connectivity index (χ2v) is 12.6. The molecular formula is C32H35F2N3O4S. The minimum absolute atomic E-state index is 0.131. The maximum absolute atomic E-state index is 13.8. The Morgan fingerprint density at radius 3 is 2.38 bits per heavy atom. The molecule has 0 saturated carbocycles. The molecule has 1 heterocycles. The molecule has 3 amide bonds. The Labute approximate surface area is 248 Å². The van der Waals surface area contributed by atoms with Crippen LogP contribution in [0.3, 0.4) is 0 Å². The van der Waals surface area contributed by atoms with Crippen molar-refractivity contribution in [3.05, 3.63) is 107 Å². The fourth-order valence-electron chi connectivity index (χ4n) is 5.04. The molecule has 3 N–H and O–H groups in total. The maximum atomic E-state index is 13.8. The first kappa shape index (κ1) is 31.2. The zero-order valence-electron chi connectivity index (χ0n) is 23.8. The lowest BCUT2D eigenvalue weighted by atomic mass is 9.96. The molecule has 0 bridgehead atoms. The minimum Gasteiger partial charge on any atom is -0.381 e. The first-order valence-electron chi connectivity index (χ1n) is 13.7. The molecule has 0 unspecified atom stereocenters. The molecule has 7 nitrogen and oxygen atoms in total. The zero-order valence-corrected chi connectivity index (χ0v) is 24.6. The molecule has 0 spiro atoms. The van der Waals surface area contributed by atoms with Gasteiger partial charge >= 0.3 is 0 Å². The van der Waals surface area contributed by atoms with Crippen LogP contribution in [0.15, 0.2) is 72.8 Å². The predicted molar refractivity (Wildman–Crippen MR) is 158 cm³/mol. The van der Waals surface area contributed by atoms with Crippen LogP contribution in [0.1, 0.15) is 36.1 Å². The number of nitrogens with zero attached hydrogens (tertiary/aromatic N) is 1. The van der Waals surface area contributed by atoms with Crippen LogP contribution >= 0.6 is 11.8 Å². The number of rotatable bonds is 10. The van der Waals surface area contributed by atoms with Gasteiger partial charge in [-0.1, -0.05) is 60.7 Å². The van der Waals surface area contributed by atoms with Gasteiger partial charge in [-0.05, 0) is 61.6 Å². The smallest absolute Gasteiger partial charge is 0.254 e. The third-order valence-electron chi connectivity index (χ3n) is 7.42. The van der Waals surface area contributed by atoms with Crippen molar-refractivity contribution in [1.82, 2.24) is 15.5 Å². The van der Waals surface area contributed by atoms with Gasteiger partial charge in [0.05, 0.1) is 18.3 Å². The molecule has 222 valence electrons. The van der Waals surface area contributed by atoms with Gasteiger partial charge in [0.15, 0.2) is 17.7 Å². The molecule has 0 radical (unpaired) electrons. The van der Waals surface area contributed by atoms with Crippen molar-refractivity contribution < 1.29 is 28.3 Å². The van der Waals surface area contributed by atoms with Crippen molar-refractivity contribution in [2.24, 2.45) is 0 Å². The summed E-state index contributed by atoms with van der Waals surface area (Å²) in [5.74, 6) is -3.50. The summed E-state index contributed by atoms with van der Waals surface area (Å²) < 4.78 is 26.4. The summed E-state index contributed by atoms with van der Waals surface area (Å²) in [6.07, 6.45) is -1.81. The summed E-state index contributed by atoms with van der Waals surface area (Å²) >= 11 is 1.43. The Morgan fingerprint density at radius 2 is 1.69 bits per heavy atom. The van der Waals surface area contributed by atoms with Gasteiger partial charge in [-0.2, -0.15) is 0 Å². The first-order chi connectivity index (χ1) is 20.0. The predicted octanol–water partition coefficient (Wildman–Crippen LogP) is 3.90. The van der Waals surface area contributed by atoms with E-state index in [0.29, 0.717) is 6.54 Å². The molecule has 1 saturated heterocycles. The molecule has 3 atom stereocenters. The molecule has 10 heteroatoms. The van der Waals surface area contributed by atoms with Gasteiger partial charge in [-0.25, -0.2) is 8.78 Å². The Kier molecular flexibility index (Phi) is 10.0. The first-order valence-corrected chi connectivity index (χ1v) is 14.7. The summed E-state index contributed by atoms with van der Waals surface area (Å²) in [4.78, 5) is 41.5. The van der Waals surface area contributed by atoms with Crippen molar-refractivity contribution in [1.29, 1.82) is 0 Å². The van der Waals surface area contributed by atoms with E-state index in [9.17, 15) is 28.3 Å². The largest absolute Gasteiger partial charge is 0.381 e. The van der Waals surface area contributed by atoms with Gasteiger partial charge in [0, 0.05) is 11.3 Å². The van der Waals surface area contributed by atoms with Gasteiger partial charge < -0.3 is 20.6 Å². The highest BCUT2D eigenvalue weighted by Crippen LogP contribution is 2.40. The highest BCUT2D eigenvalue weighted by Gasteiger charge is 2.49. The molecule has 1 aliphatic heterocycles. The van der Waals surface area contributed by atoms with Crippen LogP contribution < -0.4 is 10.6 Å². The van der Waals surface area contributed by atoms with E-state index in [1.807, 2.05) is 63.2 Å². The Morgan fingerprint density at radius 1 is 1.00 bits per heavy atom. The summed E-state index contributed by atoms with van der Waals surface area (Å²) in [6, 6.07) is 18.0. The summed E-state index contributed by atoms with van der Waals surface area (Å²) in [5.41, 5.74) is 3.00. The number of benzene rings is 3. The van der Waals surface area contributed by atoms with E-state index in [1.165, 1.54) is 22.7 Å². The average Bonchev–Trinajstić information content (AvgIpc) is 3.28. The van der Waals surface area contributed by atoms with Crippen molar-refractivity contribution in [2.45, 2.75) is 63.1 Å². The fraction of sp³-hybridized carbons (Fsp3) is 0.344. The van der Waals surface area contributed by atoms with Gasteiger partial charge in [0.2, 0.25) is 11.8 Å². The van der Waals surface area contributed by atoms with E-state index in [1.54, 1.807) is 12.1 Å². The van der Waals surface area contributed by atoms with Crippen LogP contribution in [0.2, 0.25) is 0 Å². The molecule has 1 aliphatic rings. The normalized spacial score (nSPS) is 17.4. The van der Waals surface area contributed by atoms with E-state index in [2.05, 4.69) is 10.6 Å². The van der Waals surface area contributed by atoms with Crippen LogP contribution in [-0.2, 0) is 33.8 Å². The molecule has 1 fully saturated rings. The Hall–Kier alpha value is -3.76. The van der Waals surface area contributed by atoms with E-state index in [-0.39, 0.29) is 30.2 Å². The van der Waals surface area contributed by atoms with Gasteiger partial charge in [0.25, 0.3) is 5.91 Å². The standard InChI is InChI=1S/C32H35F2N3O4S/c1-20-9-7-8-12-23(20)18-35-30(40)29-32(2,3)42-19-37(29)31(41)28(39)26(16-21-10-5-4-6-11-21)36-27(38)17-22-13-14-24(33)25(34)15-22/h4-15,26,28-29,39H,16-19H2,1-3H3,(H,35,40)(H,36,38)/t26-,28-,29+/m0/s1. The number of hydrogen-bond donors (Lipinski definition) is 3. The van der Waals surface area contributed by atoms with Crippen LogP contribution in [0.4, 0.5) is 8.78 Å². The molecule has 0 aromatic heterocycles. The molecular weight excluding hydrogens is 560 g/mol. The summed E-state index contributed by atoms with van der Waals surface area (Å²) in [5, 5.41) is 17.0. The lowest BCUT2D eigenvalue weighted by molar-refractivity contribution is -0.147. The molecule has 3 aromatic rings. The number of carbonyl (C=O) groups is 3. The second-order valence-electron chi connectivity index (χ2n) is 11.0. The Bertz CT molecular complexity index is 1440. The van der Waals surface area contributed by atoms with E-state index in [4.69, 9.17) is 0 Å². The van der Waals surface area contributed by atoms with Crippen molar-refractivity contribution in [2.75, 3.05) is 5.88 Å². The SMILES string of the molecule is Cc1ccccc1CNC(=O)[C@H]1N(C(=O)[C@@H](O)[C@H](Cc2ccccc2)NC(=O)Cc2ccc(F)c(F)c2)CSC1(C)C. The third-order valence-corrected chi connectivity index (χ3v) is 8.79. The van der Waals surface area contributed by atoms with Crippen molar-refractivity contribution in [3.8, 4) is 0 Å². The number of amides is 3. The number of carbonyl (C=O) groups excluding carboxylic acids is 3. The Balaban J connectivity index is 1.51. The second kappa shape index (κ2) is 13.5. The van der Waals surface area contributed by atoms with E-state index < -0.39 is 46.4 Å². The van der Waals surface area contributed by atoms with Gasteiger partial charge in [0.1, 0.15) is 6.04 Å². The number of aliphatic hydroxyl groups excluding tert-OH is 1. The maximum Gasteiger partial charge on any atom is 0.254 e.